The summed E-state index contributed by atoms with van der Waals surface area (Å²) in [5.74, 6) is 6.56. The van der Waals surface area contributed by atoms with Gasteiger partial charge in [-0.25, -0.2) is 5.84 Å². The zero-order valence-electron chi connectivity index (χ0n) is 11.0. The van der Waals surface area contributed by atoms with Crippen LogP contribution < -0.4 is 16.6 Å². The molecular weight excluding hydrogens is 242 g/mol. The van der Waals surface area contributed by atoms with E-state index in [4.69, 9.17) is 5.84 Å². The van der Waals surface area contributed by atoms with Crippen molar-refractivity contribution in [3.05, 3.63) is 6.20 Å². The molecule has 0 saturated heterocycles. The Morgan fingerprint density at radius 1 is 1.42 bits per heavy atom. The van der Waals surface area contributed by atoms with Gasteiger partial charge in [0.2, 0.25) is 5.95 Å². The molecule has 1 aliphatic rings. The zero-order valence-corrected chi connectivity index (χ0v) is 11.0. The topological polar surface area (TPSA) is 105 Å². The van der Waals surface area contributed by atoms with Crippen LogP contribution in [0.4, 0.5) is 11.8 Å². The highest BCUT2D eigenvalue weighted by Crippen LogP contribution is 2.49. The van der Waals surface area contributed by atoms with E-state index >= 15 is 0 Å². The summed E-state index contributed by atoms with van der Waals surface area (Å²) >= 11 is 0. The fraction of sp³-hybridized carbons (Fsp3) is 0.583. The molecule has 3 rings (SSSR count). The summed E-state index contributed by atoms with van der Waals surface area (Å²) in [6.07, 6.45) is 6.83. The first-order chi connectivity index (χ1) is 9.26. The third kappa shape index (κ3) is 2.33. The van der Waals surface area contributed by atoms with Crippen molar-refractivity contribution in [2.45, 2.75) is 32.6 Å². The number of anilines is 2. The maximum absolute atomic E-state index is 5.38. The van der Waals surface area contributed by atoms with Gasteiger partial charge in [0.1, 0.15) is 5.82 Å². The number of fused-ring (bicyclic) bond motifs is 1. The zero-order chi connectivity index (χ0) is 13.3. The molecule has 0 spiro atoms. The van der Waals surface area contributed by atoms with E-state index in [1.807, 2.05) is 0 Å². The lowest BCUT2D eigenvalue weighted by Gasteiger charge is -2.16. The minimum absolute atomic E-state index is 0.389. The number of aromatic nitrogens is 4. The molecule has 0 amide bonds. The Hall–Kier alpha value is -1.89. The highest BCUT2D eigenvalue weighted by atomic mass is 15.3. The van der Waals surface area contributed by atoms with E-state index in [0.717, 1.165) is 17.7 Å². The quantitative estimate of drug-likeness (QED) is 0.465. The lowest BCUT2D eigenvalue weighted by atomic mass is 10.0. The average Bonchev–Trinajstić information content (AvgIpc) is 3.02. The van der Waals surface area contributed by atoms with Gasteiger partial charge in [-0.15, -0.1) is 0 Å². The summed E-state index contributed by atoms with van der Waals surface area (Å²) in [7, 11) is 0. The summed E-state index contributed by atoms with van der Waals surface area (Å²) in [6.45, 7) is 3.18. The Bertz CT molecular complexity index is 572. The highest BCUT2D eigenvalue weighted by Gasteiger charge is 2.41. The Balaban J connectivity index is 1.81. The van der Waals surface area contributed by atoms with Crippen LogP contribution in [-0.2, 0) is 0 Å². The number of rotatable bonds is 6. The first-order valence-electron chi connectivity index (χ1n) is 6.68. The van der Waals surface area contributed by atoms with Gasteiger partial charge in [-0.3, -0.25) is 10.5 Å². The predicted molar refractivity (Wildman–Crippen MR) is 74.6 cm³/mol. The van der Waals surface area contributed by atoms with E-state index in [1.165, 1.54) is 25.7 Å². The average molecular weight is 261 g/mol. The molecule has 2 aromatic heterocycles. The molecule has 7 nitrogen and oxygen atoms in total. The molecule has 1 aliphatic carbocycles. The number of nitrogens with one attached hydrogen (secondary N) is 3. The van der Waals surface area contributed by atoms with Gasteiger partial charge in [0.15, 0.2) is 5.65 Å². The number of H-pyrrole nitrogens is 1. The van der Waals surface area contributed by atoms with Crippen LogP contribution in [0, 0.1) is 5.41 Å². The molecule has 102 valence electrons. The molecule has 7 heteroatoms. The van der Waals surface area contributed by atoms with Crippen molar-refractivity contribution in [1.29, 1.82) is 0 Å². The van der Waals surface area contributed by atoms with Crippen LogP contribution in [0.5, 0.6) is 0 Å². The summed E-state index contributed by atoms with van der Waals surface area (Å²) in [5, 5.41) is 11.2. The SMILES string of the molecule is CCCC1(CNc2nc(NN)nc3[nH]ncc23)CC1. The van der Waals surface area contributed by atoms with Crippen LogP contribution in [0.25, 0.3) is 11.0 Å². The fourth-order valence-electron chi connectivity index (χ4n) is 2.53. The van der Waals surface area contributed by atoms with Gasteiger partial charge in [0, 0.05) is 6.54 Å². The Morgan fingerprint density at radius 2 is 2.26 bits per heavy atom. The van der Waals surface area contributed by atoms with Crippen LogP contribution in [0.2, 0.25) is 0 Å². The van der Waals surface area contributed by atoms with Crippen molar-refractivity contribution in [3.63, 3.8) is 0 Å². The van der Waals surface area contributed by atoms with Crippen LogP contribution in [0.1, 0.15) is 32.6 Å². The number of hydrogen-bond donors (Lipinski definition) is 4. The molecular formula is C12H19N7. The molecule has 5 N–H and O–H groups in total. The maximum atomic E-state index is 5.38. The molecule has 1 fully saturated rings. The third-order valence-electron chi connectivity index (χ3n) is 3.81. The predicted octanol–water partition coefficient (Wildman–Crippen LogP) is 1.63. The van der Waals surface area contributed by atoms with Crippen LogP contribution in [0.15, 0.2) is 6.20 Å². The number of nitrogens with zero attached hydrogens (tertiary/aromatic N) is 3. The van der Waals surface area contributed by atoms with E-state index < -0.39 is 0 Å². The van der Waals surface area contributed by atoms with E-state index in [9.17, 15) is 0 Å². The minimum atomic E-state index is 0.389. The first-order valence-corrected chi connectivity index (χ1v) is 6.68. The van der Waals surface area contributed by atoms with Crippen LogP contribution >= 0.6 is 0 Å². The smallest absolute Gasteiger partial charge is 0.241 e. The standard InChI is InChI=1S/C12H19N7/c1-2-3-12(4-5-12)7-14-9-8-6-15-19-10(8)17-11(16-9)18-13/h6H,2-5,7,13H2,1H3,(H3,14,15,16,17,18,19). The van der Waals surface area contributed by atoms with Gasteiger partial charge in [-0.2, -0.15) is 15.1 Å². The van der Waals surface area contributed by atoms with E-state index in [-0.39, 0.29) is 0 Å². The molecule has 0 atom stereocenters. The third-order valence-corrected chi connectivity index (χ3v) is 3.81. The lowest BCUT2D eigenvalue weighted by Crippen LogP contribution is -2.17. The molecule has 2 heterocycles. The van der Waals surface area contributed by atoms with Gasteiger partial charge in [-0.05, 0) is 24.7 Å². The van der Waals surface area contributed by atoms with Gasteiger partial charge < -0.3 is 5.32 Å². The van der Waals surface area contributed by atoms with Crippen molar-refractivity contribution in [3.8, 4) is 0 Å². The fourth-order valence-corrected chi connectivity index (χ4v) is 2.53. The molecule has 1 saturated carbocycles. The maximum Gasteiger partial charge on any atom is 0.241 e. The molecule has 0 aromatic carbocycles. The monoisotopic (exact) mass is 261 g/mol. The van der Waals surface area contributed by atoms with Crippen molar-refractivity contribution >= 4 is 22.8 Å². The van der Waals surface area contributed by atoms with Gasteiger partial charge in [-0.1, -0.05) is 13.3 Å². The molecule has 0 radical (unpaired) electrons. The Morgan fingerprint density at radius 3 is 2.95 bits per heavy atom. The molecule has 0 unspecified atom stereocenters. The van der Waals surface area contributed by atoms with Crippen molar-refractivity contribution < 1.29 is 0 Å². The molecule has 0 aliphatic heterocycles. The second-order valence-corrected chi connectivity index (χ2v) is 5.28. The van der Waals surface area contributed by atoms with E-state index in [1.54, 1.807) is 6.20 Å². The first kappa shape index (κ1) is 12.2. The largest absolute Gasteiger partial charge is 0.369 e. The molecule has 0 bridgehead atoms. The Kier molecular flexibility index (Phi) is 2.98. The number of nitrogens with two attached hydrogens (primary N) is 1. The Labute approximate surface area is 111 Å². The summed E-state index contributed by atoms with van der Waals surface area (Å²) < 4.78 is 0. The number of hydrazine groups is 1. The van der Waals surface area contributed by atoms with Gasteiger partial charge in [0.25, 0.3) is 0 Å². The summed E-state index contributed by atoms with van der Waals surface area (Å²) in [5.41, 5.74) is 3.63. The van der Waals surface area contributed by atoms with Crippen molar-refractivity contribution in [1.82, 2.24) is 20.2 Å². The van der Waals surface area contributed by atoms with Crippen LogP contribution in [-0.4, -0.2) is 26.7 Å². The minimum Gasteiger partial charge on any atom is -0.369 e. The second kappa shape index (κ2) is 4.65. The molecule has 2 aromatic rings. The summed E-state index contributed by atoms with van der Waals surface area (Å²) in [4.78, 5) is 8.57. The van der Waals surface area contributed by atoms with Gasteiger partial charge in [0.05, 0.1) is 11.6 Å². The molecule has 19 heavy (non-hydrogen) atoms. The van der Waals surface area contributed by atoms with E-state index in [0.29, 0.717) is 17.0 Å². The number of nitrogen functional groups attached to an aromatic ring is 1. The summed E-state index contributed by atoms with van der Waals surface area (Å²) in [6, 6.07) is 0. The second-order valence-electron chi connectivity index (χ2n) is 5.28. The van der Waals surface area contributed by atoms with Gasteiger partial charge >= 0.3 is 0 Å². The number of hydrogen-bond acceptors (Lipinski definition) is 6. The highest BCUT2D eigenvalue weighted by molar-refractivity contribution is 5.86. The number of aromatic amines is 1. The van der Waals surface area contributed by atoms with Crippen molar-refractivity contribution in [2.75, 3.05) is 17.3 Å². The van der Waals surface area contributed by atoms with E-state index in [2.05, 4.69) is 37.8 Å². The normalized spacial score (nSPS) is 16.5. The van der Waals surface area contributed by atoms with Crippen LogP contribution in [0.3, 0.4) is 0 Å². The lowest BCUT2D eigenvalue weighted by molar-refractivity contribution is 0.485. The van der Waals surface area contributed by atoms with Crippen molar-refractivity contribution in [2.24, 2.45) is 11.3 Å².